The van der Waals surface area contributed by atoms with Gasteiger partial charge in [-0.15, -0.1) is 0 Å². The number of hydrogen-bond donors (Lipinski definition) is 2. The molecule has 0 amide bonds. The highest BCUT2D eigenvalue weighted by atomic mass is 35.5. The number of hydrogen-bond acceptors (Lipinski definition) is 3. The molecular weight excluding hydrogens is 331 g/mol. The molecule has 5 heteroatoms. The third-order valence-corrected chi connectivity index (χ3v) is 4.95. The van der Waals surface area contributed by atoms with Crippen LogP contribution in [0.1, 0.15) is 36.6 Å². The Morgan fingerprint density at radius 3 is 2.00 bits per heavy atom. The topological polar surface area (TPSA) is 44.6 Å². The fourth-order valence-electron chi connectivity index (χ4n) is 3.10. The summed E-state index contributed by atoms with van der Waals surface area (Å²) in [6.45, 7) is 2.07. The van der Waals surface area contributed by atoms with E-state index in [0.29, 0.717) is 16.5 Å². The lowest BCUT2D eigenvalue weighted by atomic mass is 9.81. The third-order valence-electron chi connectivity index (χ3n) is 4.45. The first kappa shape index (κ1) is 16.3. The van der Waals surface area contributed by atoms with E-state index in [0.717, 1.165) is 16.8 Å². The Labute approximate surface area is 145 Å². The van der Waals surface area contributed by atoms with Crippen molar-refractivity contribution in [3.8, 4) is 0 Å². The molecule has 120 valence electrons. The van der Waals surface area contributed by atoms with Crippen molar-refractivity contribution in [2.45, 2.75) is 25.4 Å². The van der Waals surface area contributed by atoms with Crippen molar-refractivity contribution in [3.05, 3.63) is 69.7 Å². The number of benzene rings is 2. The van der Waals surface area contributed by atoms with Gasteiger partial charge in [0, 0.05) is 34.5 Å². The van der Waals surface area contributed by atoms with Crippen molar-refractivity contribution in [2.24, 2.45) is 11.1 Å². The lowest BCUT2D eigenvalue weighted by Gasteiger charge is -2.37. The molecule has 0 spiro atoms. The predicted octanol–water partition coefficient (Wildman–Crippen LogP) is 5.24. The summed E-state index contributed by atoms with van der Waals surface area (Å²) in [4.78, 5) is 0. The Bertz CT molecular complexity index is 698. The number of halogens is 2. The van der Waals surface area contributed by atoms with Crippen molar-refractivity contribution >= 4 is 28.9 Å². The normalized spacial score (nSPS) is 26.4. The van der Waals surface area contributed by atoms with Gasteiger partial charge in [0.2, 0.25) is 0 Å². The second-order valence-electron chi connectivity index (χ2n) is 5.88. The lowest BCUT2D eigenvalue weighted by molar-refractivity contribution is 0.294. The number of piperidine rings is 1. The third kappa shape index (κ3) is 3.52. The summed E-state index contributed by atoms with van der Waals surface area (Å²) in [5.74, 6) is 0.102. The predicted molar refractivity (Wildman–Crippen MR) is 94.5 cm³/mol. The number of rotatable bonds is 2. The quantitative estimate of drug-likeness (QED) is 0.576. The van der Waals surface area contributed by atoms with Crippen LogP contribution in [0.4, 0.5) is 0 Å². The summed E-state index contributed by atoms with van der Waals surface area (Å²) in [6, 6.07) is 15.7. The Hall–Kier alpha value is -1.55. The average molecular weight is 349 g/mol. The Morgan fingerprint density at radius 1 is 0.957 bits per heavy atom. The molecule has 3 atom stereocenters. The number of nitrogens with zero attached hydrogens (tertiary/aromatic N) is 1. The first-order valence-electron chi connectivity index (χ1n) is 7.56. The highest BCUT2D eigenvalue weighted by Crippen LogP contribution is 2.35. The van der Waals surface area contributed by atoms with Gasteiger partial charge in [0.05, 0.1) is 5.71 Å². The molecular formula is C18H18Cl2N2O. The highest BCUT2D eigenvalue weighted by Gasteiger charge is 2.33. The van der Waals surface area contributed by atoms with E-state index in [2.05, 4.69) is 17.4 Å². The minimum absolute atomic E-state index is 0.0626. The Balaban J connectivity index is 1.92. The zero-order valence-corrected chi connectivity index (χ0v) is 14.2. The maximum absolute atomic E-state index is 9.40. The molecule has 0 unspecified atom stereocenters. The van der Waals surface area contributed by atoms with Gasteiger partial charge in [-0.1, -0.05) is 59.5 Å². The van der Waals surface area contributed by atoms with Crippen molar-refractivity contribution in [3.63, 3.8) is 0 Å². The Morgan fingerprint density at radius 2 is 1.48 bits per heavy atom. The maximum Gasteiger partial charge on any atom is 0.0636 e. The van der Waals surface area contributed by atoms with Crippen LogP contribution in [-0.4, -0.2) is 10.9 Å². The van der Waals surface area contributed by atoms with Crippen LogP contribution in [0.2, 0.25) is 10.0 Å². The van der Waals surface area contributed by atoms with E-state index < -0.39 is 0 Å². The van der Waals surface area contributed by atoms with E-state index in [1.807, 2.05) is 48.5 Å². The van der Waals surface area contributed by atoms with Crippen LogP contribution in [-0.2, 0) is 0 Å². The first-order chi connectivity index (χ1) is 11.1. The largest absolute Gasteiger partial charge is 0.411 e. The average Bonchev–Trinajstić information content (AvgIpc) is 2.57. The summed E-state index contributed by atoms with van der Waals surface area (Å²) >= 11 is 12.0. The van der Waals surface area contributed by atoms with Gasteiger partial charge in [0.1, 0.15) is 0 Å². The van der Waals surface area contributed by atoms with Gasteiger partial charge in [-0.05, 0) is 35.4 Å². The minimum atomic E-state index is 0.0626. The first-order valence-corrected chi connectivity index (χ1v) is 8.32. The molecule has 1 aliphatic rings. The van der Waals surface area contributed by atoms with Crippen LogP contribution in [0.15, 0.2) is 53.7 Å². The Kier molecular flexibility index (Phi) is 4.90. The van der Waals surface area contributed by atoms with E-state index in [1.54, 1.807) is 0 Å². The van der Waals surface area contributed by atoms with Crippen molar-refractivity contribution in [1.82, 2.24) is 5.32 Å². The highest BCUT2D eigenvalue weighted by molar-refractivity contribution is 6.30. The van der Waals surface area contributed by atoms with Gasteiger partial charge in [-0.3, -0.25) is 0 Å². The molecule has 0 aromatic heterocycles. The summed E-state index contributed by atoms with van der Waals surface area (Å²) < 4.78 is 0. The van der Waals surface area contributed by atoms with Crippen molar-refractivity contribution in [1.29, 1.82) is 0 Å². The van der Waals surface area contributed by atoms with Gasteiger partial charge < -0.3 is 10.5 Å². The zero-order chi connectivity index (χ0) is 16.4. The van der Waals surface area contributed by atoms with E-state index in [4.69, 9.17) is 23.2 Å². The fourth-order valence-corrected chi connectivity index (χ4v) is 3.36. The number of oxime groups is 1. The SMILES string of the molecule is C[C@@H]1/C(=N\O)C[C@H](c2ccc(Cl)cc2)N[C@H]1c1ccc(Cl)cc1. The number of nitrogens with one attached hydrogen (secondary N) is 1. The van der Waals surface area contributed by atoms with Gasteiger partial charge in [0.15, 0.2) is 0 Å². The molecule has 3 rings (SSSR count). The van der Waals surface area contributed by atoms with Gasteiger partial charge in [-0.2, -0.15) is 0 Å². The standard InChI is InChI=1S/C18H18Cl2N2O/c1-11-16(22-23)10-17(12-2-6-14(19)7-3-12)21-18(11)13-4-8-15(20)9-5-13/h2-9,11,17-18,21,23H,10H2,1H3/b22-16-/t11-,17-,18-/m1/s1. The fraction of sp³-hybridized carbons (Fsp3) is 0.278. The van der Waals surface area contributed by atoms with E-state index in [-0.39, 0.29) is 18.0 Å². The van der Waals surface area contributed by atoms with Crippen molar-refractivity contribution < 1.29 is 5.21 Å². The zero-order valence-electron chi connectivity index (χ0n) is 12.7. The molecule has 2 aromatic rings. The summed E-state index contributed by atoms with van der Waals surface area (Å²) in [5, 5.41) is 18.0. The molecule has 1 fully saturated rings. The molecule has 0 bridgehead atoms. The molecule has 0 saturated carbocycles. The van der Waals surface area contributed by atoms with E-state index in [9.17, 15) is 5.21 Å². The lowest BCUT2D eigenvalue weighted by Crippen LogP contribution is -2.41. The molecule has 1 aliphatic heterocycles. The van der Waals surface area contributed by atoms with Crippen molar-refractivity contribution in [2.75, 3.05) is 0 Å². The molecule has 3 nitrogen and oxygen atoms in total. The molecule has 23 heavy (non-hydrogen) atoms. The van der Waals surface area contributed by atoms with Gasteiger partial charge in [0.25, 0.3) is 0 Å². The molecule has 0 aliphatic carbocycles. The van der Waals surface area contributed by atoms with E-state index in [1.165, 1.54) is 0 Å². The second kappa shape index (κ2) is 6.91. The second-order valence-corrected chi connectivity index (χ2v) is 6.76. The maximum atomic E-state index is 9.40. The van der Waals surface area contributed by atoms with Crippen LogP contribution in [0.25, 0.3) is 0 Å². The van der Waals surface area contributed by atoms with Crippen LogP contribution in [0.5, 0.6) is 0 Å². The minimum Gasteiger partial charge on any atom is -0.411 e. The molecule has 2 aromatic carbocycles. The summed E-state index contributed by atoms with van der Waals surface area (Å²) in [5.41, 5.74) is 3.05. The molecule has 2 N–H and O–H groups in total. The summed E-state index contributed by atoms with van der Waals surface area (Å²) in [6.07, 6.45) is 0.670. The van der Waals surface area contributed by atoms with Crippen LogP contribution in [0.3, 0.4) is 0 Å². The van der Waals surface area contributed by atoms with Crippen LogP contribution in [0, 0.1) is 5.92 Å². The smallest absolute Gasteiger partial charge is 0.0636 e. The molecule has 0 radical (unpaired) electrons. The summed E-state index contributed by atoms with van der Waals surface area (Å²) in [7, 11) is 0. The monoisotopic (exact) mass is 348 g/mol. The molecule has 1 heterocycles. The van der Waals surface area contributed by atoms with Crippen LogP contribution >= 0.6 is 23.2 Å². The van der Waals surface area contributed by atoms with E-state index >= 15 is 0 Å². The van der Waals surface area contributed by atoms with Crippen LogP contribution < -0.4 is 5.32 Å². The van der Waals surface area contributed by atoms with Gasteiger partial charge in [-0.25, -0.2) is 0 Å². The van der Waals surface area contributed by atoms with Gasteiger partial charge >= 0.3 is 0 Å². The molecule has 1 saturated heterocycles.